The molecule has 0 aliphatic carbocycles. The first-order valence-corrected chi connectivity index (χ1v) is 4.38. The molecule has 0 fully saturated rings. The van der Waals surface area contributed by atoms with Crippen LogP contribution in [0.5, 0.6) is 0 Å². The van der Waals surface area contributed by atoms with Crippen LogP contribution < -0.4 is 5.73 Å². The molecular formula is C11H12F3NO. The Kier molecular flexibility index (Phi) is 5.92. The van der Waals surface area contributed by atoms with Crippen molar-refractivity contribution in [2.75, 3.05) is 0 Å². The van der Waals surface area contributed by atoms with Crippen LogP contribution in [0.3, 0.4) is 0 Å². The summed E-state index contributed by atoms with van der Waals surface area (Å²) in [6.45, 7) is 3.36. The van der Waals surface area contributed by atoms with Crippen molar-refractivity contribution in [3.05, 3.63) is 48.7 Å². The molecule has 0 saturated carbocycles. The van der Waals surface area contributed by atoms with E-state index in [0.717, 1.165) is 6.20 Å². The van der Waals surface area contributed by atoms with Gasteiger partial charge in [-0.25, -0.2) is 0 Å². The second kappa shape index (κ2) is 6.66. The number of carbonyl (C=O) groups excluding carboxylic acids is 1. The first-order valence-electron chi connectivity index (χ1n) is 4.38. The highest BCUT2D eigenvalue weighted by Crippen LogP contribution is 2.22. The highest BCUT2D eigenvalue weighted by molar-refractivity contribution is 5.98. The molecule has 0 aromatic carbocycles. The Bertz CT molecular complexity index is 338. The lowest BCUT2D eigenvalue weighted by Gasteiger charge is -2.05. The van der Waals surface area contributed by atoms with Crippen molar-refractivity contribution >= 4 is 5.78 Å². The SMILES string of the molecule is C=C\C=C/C(=C\C=C\N)C(=O)CC(F)(F)F. The molecule has 0 unspecified atom stereocenters. The molecule has 0 saturated heterocycles. The lowest BCUT2D eigenvalue weighted by atomic mass is 10.1. The van der Waals surface area contributed by atoms with Gasteiger partial charge < -0.3 is 5.73 Å². The second-order valence-corrected chi connectivity index (χ2v) is 2.82. The van der Waals surface area contributed by atoms with E-state index in [1.165, 1.54) is 30.4 Å². The Morgan fingerprint density at radius 2 is 1.94 bits per heavy atom. The van der Waals surface area contributed by atoms with Gasteiger partial charge in [0.25, 0.3) is 0 Å². The molecule has 0 radical (unpaired) electrons. The van der Waals surface area contributed by atoms with Crippen molar-refractivity contribution in [3.63, 3.8) is 0 Å². The number of nitrogens with two attached hydrogens (primary N) is 1. The minimum absolute atomic E-state index is 0.0704. The number of carbonyl (C=O) groups is 1. The van der Waals surface area contributed by atoms with Gasteiger partial charge in [-0.3, -0.25) is 4.79 Å². The molecule has 0 spiro atoms. The zero-order chi connectivity index (χ0) is 12.6. The fraction of sp³-hybridized carbons (Fsp3) is 0.182. The van der Waals surface area contributed by atoms with Gasteiger partial charge in [0.2, 0.25) is 0 Å². The molecule has 0 aromatic heterocycles. The predicted molar refractivity (Wildman–Crippen MR) is 56.4 cm³/mol. The van der Waals surface area contributed by atoms with E-state index in [1.54, 1.807) is 0 Å². The molecule has 88 valence electrons. The molecule has 0 aromatic rings. The van der Waals surface area contributed by atoms with Crippen LogP contribution in [-0.4, -0.2) is 12.0 Å². The van der Waals surface area contributed by atoms with Gasteiger partial charge in [-0.2, -0.15) is 13.2 Å². The molecule has 0 rings (SSSR count). The summed E-state index contributed by atoms with van der Waals surface area (Å²) in [5.41, 5.74) is 4.96. The van der Waals surface area contributed by atoms with Crippen LogP contribution in [-0.2, 0) is 4.79 Å². The number of halogens is 3. The molecule has 5 heteroatoms. The fourth-order valence-electron chi connectivity index (χ4n) is 0.856. The summed E-state index contributed by atoms with van der Waals surface area (Å²) in [4.78, 5) is 11.2. The third-order valence-electron chi connectivity index (χ3n) is 1.48. The third-order valence-corrected chi connectivity index (χ3v) is 1.48. The van der Waals surface area contributed by atoms with E-state index < -0.39 is 18.4 Å². The largest absolute Gasteiger partial charge is 0.405 e. The Labute approximate surface area is 91.6 Å². The van der Waals surface area contributed by atoms with Crippen molar-refractivity contribution < 1.29 is 18.0 Å². The average Bonchev–Trinajstić information content (AvgIpc) is 2.15. The van der Waals surface area contributed by atoms with E-state index >= 15 is 0 Å². The summed E-state index contributed by atoms with van der Waals surface area (Å²) in [5.74, 6) is -1.01. The van der Waals surface area contributed by atoms with E-state index in [9.17, 15) is 18.0 Å². The first kappa shape index (κ1) is 14.2. The number of Topliss-reactive ketones (excluding diaryl/α,β-unsaturated/α-hetero) is 1. The van der Waals surface area contributed by atoms with Gasteiger partial charge in [0, 0.05) is 5.57 Å². The summed E-state index contributed by atoms with van der Waals surface area (Å²) in [7, 11) is 0. The first-order chi connectivity index (χ1) is 7.40. The van der Waals surface area contributed by atoms with Gasteiger partial charge in [0.05, 0.1) is 0 Å². The maximum absolute atomic E-state index is 12.0. The monoisotopic (exact) mass is 231 g/mol. The highest BCUT2D eigenvalue weighted by atomic mass is 19.4. The van der Waals surface area contributed by atoms with Crippen LogP contribution in [0.1, 0.15) is 6.42 Å². The van der Waals surface area contributed by atoms with Crippen LogP contribution in [0.25, 0.3) is 0 Å². The number of rotatable bonds is 5. The van der Waals surface area contributed by atoms with E-state index in [1.807, 2.05) is 0 Å². The van der Waals surface area contributed by atoms with E-state index in [2.05, 4.69) is 6.58 Å². The molecule has 0 aliphatic rings. The maximum atomic E-state index is 12.0. The van der Waals surface area contributed by atoms with Gasteiger partial charge in [-0.15, -0.1) is 0 Å². The molecule has 0 amide bonds. The topological polar surface area (TPSA) is 43.1 Å². The third kappa shape index (κ3) is 6.64. The minimum Gasteiger partial charge on any atom is -0.405 e. The van der Waals surface area contributed by atoms with E-state index in [-0.39, 0.29) is 5.57 Å². The Morgan fingerprint density at radius 1 is 1.31 bits per heavy atom. The molecule has 0 heterocycles. The summed E-state index contributed by atoms with van der Waals surface area (Å²) < 4.78 is 35.9. The van der Waals surface area contributed by atoms with Crippen molar-refractivity contribution in [3.8, 4) is 0 Å². The molecule has 0 bridgehead atoms. The average molecular weight is 231 g/mol. The Balaban J connectivity index is 4.83. The molecule has 16 heavy (non-hydrogen) atoms. The van der Waals surface area contributed by atoms with Gasteiger partial charge in [0.15, 0.2) is 5.78 Å². The summed E-state index contributed by atoms with van der Waals surface area (Å²) in [6, 6.07) is 0. The van der Waals surface area contributed by atoms with Gasteiger partial charge in [-0.05, 0) is 18.4 Å². The summed E-state index contributed by atoms with van der Waals surface area (Å²) in [6.07, 6.45) is 1.63. The standard InChI is InChI=1S/C11H12F3NO/c1-2-3-5-9(6-4-7-15)10(16)8-11(12,13)14/h2-7H,1,8,15H2/b5-3-,7-4+,9-6+. The van der Waals surface area contributed by atoms with Crippen LogP contribution in [0, 0.1) is 0 Å². The van der Waals surface area contributed by atoms with Gasteiger partial charge in [0.1, 0.15) is 6.42 Å². The number of allylic oxidation sites excluding steroid dienone is 6. The van der Waals surface area contributed by atoms with E-state index in [0.29, 0.717) is 0 Å². The maximum Gasteiger partial charge on any atom is 0.396 e. The highest BCUT2D eigenvalue weighted by Gasteiger charge is 2.31. The lowest BCUT2D eigenvalue weighted by molar-refractivity contribution is -0.149. The van der Waals surface area contributed by atoms with Crippen molar-refractivity contribution in [1.82, 2.24) is 0 Å². The number of ketones is 1. The number of hydrogen-bond acceptors (Lipinski definition) is 2. The molecular weight excluding hydrogens is 219 g/mol. The minimum atomic E-state index is -4.51. The Morgan fingerprint density at radius 3 is 2.38 bits per heavy atom. The zero-order valence-corrected chi connectivity index (χ0v) is 8.50. The quantitative estimate of drug-likeness (QED) is 0.584. The van der Waals surface area contributed by atoms with Crippen molar-refractivity contribution in [2.24, 2.45) is 5.73 Å². The van der Waals surface area contributed by atoms with Crippen LogP contribution >= 0.6 is 0 Å². The fourth-order valence-corrected chi connectivity index (χ4v) is 0.856. The van der Waals surface area contributed by atoms with Gasteiger partial charge >= 0.3 is 6.18 Å². The molecule has 0 atom stereocenters. The van der Waals surface area contributed by atoms with Crippen molar-refractivity contribution in [1.29, 1.82) is 0 Å². The van der Waals surface area contributed by atoms with Crippen molar-refractivity contribution in [2.45, 2.75) is 12.6 Å². The molecule has 0 aliphatic heterocycles. The van der Waals surface area contributed by atoms with Crippen LogP contribution in [0.15, 0.2) is 48.7 Å². The zero-order valence-electron chi connectivity index (χ0n) is 8.50. The van der Waals surface area contributed by atoms with E-state index in [4.69, 9.17) is 5.73 Å². The Hall–Kier alpha value is -1.78. The number of alkyl halides is 3. The summed E-state index contributed by atoms with van der Waals surface area (Å²) >= 11 is 0. The predicted octanol–water partition coefficient (Wildman–Crippen LogP) is 2.65. The number of hydrogen-bond donors (Lipinski definition) is 1. The lowest BCUT2D eigenvalue weighted by Crippen LogP contribution is -2.15. The summed E-state index contributed by atoms with van der Waals surface area (Å²) in [5, 5.41) is 0. The second-order valence-electron chi connectivity index (χ2n) is 2.82. The van der Waals surface area contributed by atoms with Crippen LogP contribution in [0.4, 0.5) is 13.2 Å². The smallest absolute Gasteiger partial charge is 0.396 e. The van der Waals surface area contributed by atoms with Crippen LogP contribution in [0.2, 0.25) is 0 Å². The van der Waals surface area contributed by atoms with Gasteiger partial charge in [-0.1, -0.05) is 24.8 Å². The normalized spacial score (nSPS) is 13.6. The molecule has 2 nitrogen and oxygen atoms in total. The molecule has 2 N–H and O–H groups in total.